The summed E-state index contributed by atoms with van der Waals surface area (Å²) in [5.74, 6) is 0.812. The van der Waals surface area contributed by atoms with Crippen molar-refractivity contribution in [3.8, 4) is 6.07 Å². The van der Waals surface area contributed by atoms with Crippen molar-refractivity contribution >= 4 is 29.9 Å². The minimum atomic E-state index is 0. The van der Waals surface area contributed by atoms with Crippen molar-refractivity contribution in [1.29, 1.82) is 5.26 Å². The van der Waals surface area contributed by atoms with E-state index in [0.29, 0.717) is 12.1 Å². The zero-order valence-corrected chi connectivity index (χ0v) is 17.4. The first-order valence-corrected chi connectivity index (χ1v) is 8.75. The number of nitrogens with one attached hydrogen (secondary N) is 2. The molecule has 0 bridgehead atoms. The van der Waals surface area contributed by atoms with Crippen LogP contribution in [-0.4, -0.2) is 19.6 Å². The quantitative estimate of drug-likeness (QED) is 0.404. The van der Waals surface area contributed by atoms with Gasteiger partial charge in [0.1, 0.15) is 0 Å². The van der Waals surface area contributed by atoms with E-state index in [4.69, 9.17) is 5.26 Å². The minimum absolute atomic E-state index is 0. The summed E-state index contributed by atoms with van der Waals surface area (Å²) in [6.07, 6.45) is 3.72. The van der Waals surface area contributed by atoms with Crippen LogP contribution in [0.15, 0.2) is 59.6 Å². The van der Waals surface area contributed by atoms with Crippen LogP contribution in [0.5, 0.6) is 0 Å². The van der Waals surface area contributed by atoms with Gasteiger partial charge < -0.3 is 10.6 Å². The molecule has 2 aromatic carbocycles. The second kappa shape index (κ2) is 9.58. The van der Waals surface area contributed by atoms with Crippen LogP contribution in [0.3, 0.4) is 0 Å². The fraction of sp³-hybridized carbons (Fsp3) is 0.333. The highest BCUT2D eigenvalue weighted by Gasteiger charge is 2.38. The molecule has 136 valence electrons. The summed E-state index contributed by atoms with van der Waals surface area (Å²) >= 11 is 0. The van der Waals surface area contributed by atoms with Crippen LogP contribution >= 0.6 is 24.0 Å². The maximum absolute atomic E-state index is 8.86. The highest BCUT2D eigenvalue weighted by molar-refractivity contribution is 14.0. The molecule has 5 heteroatoms. The van der Waals surface area contributed by atoms with E-state index in [0.717, 1.165) is 18.1 Å². The molecule has 0 heterocycles. The largest absolute Gasteiger partial charge is 0.356 e. The van der Waals surface area contributed by atoms with Crippen molar-refractivity contribution in [2.45, 2.75) is 31.2 Å². The summed E-state index contributed by atoms with van der Waals surface area (Å²) < 4.78 is 0. The maximum Gasteiger partial charge on any atom is 0.191 e. The van der Waals surface area contributed by atoms with Gasteiger partial charge in [-0.25, -0.2) is 0 Å². The zero-order valence-electron chi connectivity index (χ0n) is 15.0. The smallest absolute Gasteiger partial charge is 0.191 e. The van der Waals surface area contributed by atoms with E-state index in [1.165, 1.54) is 24.8 Å². The van der Waals surface area contributed by atoms with E-state index in [-0.39, 0.29) is 29.4 Å². The van der Waals surface area contributed by atoms with Crippen molar-refractivity contribution in [2.75, 3.05) is 13.6 Å². The third-order valence-corrected chi connectivity index (χ3v) is 5.06. The Labute approximate surface area is 172 Å². The minimum Gasteiger partial charge on any atom is -0.356 e. The van der Waals surface area contributed by atoms with Crippen molar-refractivity contribution < 1.29 is 0 Å². The van der Waals surface area contributed by atoms with E-state index < -0.39 is 0 Å². The molecule has 0 unspecified atom stereocenters. The molecular formula is C21H25IN4. The van der Waals surface area contributed by atoms with Gasteiger partial charge in [-0.15, -0.1) is 24.0 Å². The van der Waals surface area contributed by atoms with E-state index in [9.17, 15) is 0 Å². The Morgan fingerprint density at radius 2 is 1.77 bits per heavy atom. The molecule has 0 aromatic heterocycles. The predicted octanol–water partition coefficient (Wildman–Crippen LogP) is 3.96. The van der Waals surface area contributed by atoms with Crippen LogP contribution in [0, 0.1) is 11.3 Å². The van der Waals surface area contributed by atoms with E-state index in [2.05, 4.69) is 52.0 Å². The summed E-state index contributed by atoms with van der Waals surface area (Å²) in [6.45, 7) is 1.58. The summed E-state index contributed by atoms with van der Waals surface area (Å²) in [6, 6.07) is 20.5. The third-order valence-electron chi connectivity index (χ3n) is 5.06. The zero-order chi connectivity index (χ0) is 17.5. The molecule has 0 amide bonds. The molecule has 4 nitrogen and oxygen atoms in total. The lowest BCUT2D eigenvalue weighted by molar-refractivity contribution is 0.244. The van der Waals surface area contributed by atoms with Gasteiger partial charge in [0.15, 0.2) is 5.96 Å². The normalized spacial score (nSPS) is 15.2. The van der Waals surface area contributed by atoms with E-state index >= 15 is 0 Å². The molecule has 1 saturated carbocycles. The van der Waals surface area contributed by atoms with Gasteiger partial charge in [-0.3, -0.25) is 4.99 Å². The number of benzene rings is 2. The Morgan fingerprint density at radius 1 is 1.08 bits per heavy atom. The number of halogens is 1. The van der Waals surface area contributed by atoms with Crippen molar-refractivity contribution in [2.24, 2.45) is 4.99 Å². The summed E-state index contributed by atoms with van der Waals surface area (Å²) in [5.41, 5.74) is 3.45. The van der Waals surface area contributed by atoms with Crippen molar-refractivity contribution in [1.82, 2.24) is 10.6 Å². The van der Waals surface area contributed by atoms with E-state index in [1.807, 2.05) is 24.3 Å². The average Bonchev–Trinajstić information content (AvgIpc) is 2.64. The maximum atomic E-state index is 8.86. The fourth-order valence-electron chi connectivity index (χ4n) is 3.32. The molecule has 3 rings (SSSR count). The lowest BCUT2D eigenvalue weighted by Crippen LogP contribution is -2.48. The van der Waals surface area contributed by atoms with Crippen LogP contribution in [0.4, 0.5) is 0 Å². The second-order valence-electron chi connectivity index (χ2n) is 6.59. The van der Waals surface area contributed by atoms with Crippen LogP contribution in [-0.2, 0) is 12.0 Å². The van der Waals surface area contributed by atoms with E-state index in [1.54, 1.807) is 7.05 Å². The molecule has 0 saturated heterocycles. The van der Waals surface area contributed by atoms with Crippen LogP contribution < -0.4 is 10.6 Å². The van der Waals surface area contributed by atoms with Crippen molar-refractivity contribution in [3.63, 3.8) is 0 Å². The molecule has 2 aromatic rings. The van der Waals surface area contributed by atoms with Gasteiger partial charge >= 0.3 is 0 Å². The predicted molar refractivity (Wildman–Crippen MR) is 117 cm³/mol. The Bertz CT molecular complexity index is 759. The van der Waals surface area contributed by atoms with Gasteiger partial charge in [0, 0.05) is 25.6 Å². The Kier molecular flexibility index (Phi) is 7.46. The first kappa shape index (κ1) is 20.2. The number of hydrogen-bond donors (Lipinski definition) is 2. The number of guanidine groups is 1. The van der Waals surface area contributed by atoms with Crippen molar-refractivity contribution in [3.05, 3.63) is 71.3 Å². The number of aliphatic imine (C=N–C) groups is 1. The summed E-state index contributed by atoms with van der Waals surface area (Å²) in [5, 5.41) is 15.7. The molecule has 0 spiro atoms. The number of nitrogens with zero attached hydrogens (tertiary/aromatic N) is 2. The molecule has 1 aliphatic rings. The van der Waals surface area contributed by atoms with Gasteiger partial charge in [0.25, 0.3) is 0 Å². The number of nitriles is 1. The Balaban J connectivity index is 0.00000243. The molecule has 1 fully saturated rings. The topological polar surface area (TPSA) is 60.2 Å². The Morgan fingerprint density at radius 3 is 2.31 bits per heavy atom. The SMILES string of the molecule is CN=C(NCc1ccc(C#N)cc1)NCC1(c2ccccc2)CCC1.I. The first-order chi connectivity index (χ1) is 12.3. The molecule has 0 radical (unpaired) electrons. The lowest BCUT2D eigenvalue weighted by Gasteiger charge is -2.43. The van der Waals surface area contributed by atoms with Crippen LogP contribution in [0.1, 0.15) is 36.0 Å². The standard InChI is InChI=1S/C21H24N4.HI/c1-23-20(24-15-18-10-8-17(14-22)9-11-18)25-16-21(12-5-13-21)19-6-3-2-4-7-19;/h2-4,6-11H,5,12-13,15-16H2,1H3,(H2,23,24,25);1H. The fourth-order valence-corrected chi connectivity index (χ4v) is 3.32. The van der Waals surface area contributed by atoms with Gasteiger partial charge in [0.05, 0.1) is 11.6 Å². The first-order valence-electron chi connectivity index (χ1n) is 8.75. The van der Waals surface area contributed by atoms with Gasteiger partial charge in [0.2, 0.25) is 0 Å². The second-order valence-corrected chi connectivity index (χ2v) is 6.59. The molecule has 2 N–H and O–H groups in total. The molecule has 0 atom stereocenters. The Hall–Kier alpha value is -2.07. The highest BCUT2D eigenvalue weighted by atomic mass is 127. The van der Waals surface area contributed by atoms with Gasteiger partial charge in [-0.2, -0.15) is 5.26 Å². The van der Waals surface area contributed by atoms with Gasteiger partial charge in [-0.05, 0) is 36.1 Å². The highest BCUT2D eigenvalue weighted by Crippen LogP contribution is 2.43. The van der Waals surface area contributed by atoms with Crippen LogP contribution in [0.25, 0.3) is 0 Å². The lowest BCUT2D eigenvalue weighted by atomic mass is 9.64. The number of rotatable bonds is 5. The third kappa shape index (κ3) is 4.76. The molecule has 0 aliphatic heterocycles. The summed E-state index contributed by atoms with van der Waals surface area (Å²) in [7, 11) is 1.80. The monoisotopic (exact) mass is 460 g/mol. The summed E-state index contributed by atoms with van der Waals surface area (Å²) in [4.78, 5) is 4.33. The average molecular weight is 460 g/mol. The van der Waals surface area contributed by atoms with Gasteiger partial charge in [-0.1, -0.05) is 48.9 Å². The molecular weight excluding hydrogens is 435 g/mol. The molecule has 1 aliphatic carbocycles. The molecule has 26 heavy (non-hydrogen) atoms. The number of hydrogen-bond acceptors (Lipinski definition) is 2. The van der Waals surface area contributed by atoms with Crippen LogP contribution in [0.2, 0.25) is 0 Å².